The third-order valence-corrected chi connectivity index (χ3v) is 7.97. The maximum atomic E-state index is 13.8. The Kier molecular flexibility index (Phi) is 9.68. The van der Waals surface area contributed by atoms with E-state index in [1.165, 1.54) is 31.3 Å². The summed E-state index contributed by atoms with van der Waals surface area (Å²) >= 11 is 12.3. The number of hydrogen-bond acceptors (Lipinski definition) is 2. The maximum absolute atomic E-state index is 13.8. The number of halogens is 9. The number of amides is 1. The third-order valence-electron chi connectivity index (χ3n) is 7.23. The molecule has 0 saturated heterocycles. The third kappa shape index (κ3) is 7.82. The van der Waals surface area contributed by atoms with Crippen LogP contribution in [0.4, 0.5) is 30.7 Å². The number of nitrogens with zero attached hydrogens (tertiary/aromatic N) is 2. The zero-order valence-corrected chi connectivity index (χ0v) is 24.4. The molecule has 0 spiro atoms. The first kappa shape index (κ1) is 32.6. The number of rotatable bonds is 9. The maximum Gasteiger partial charge on any atom is 0.416 e. The number of carbonyl (C=O) groups excluding carboxylic acids is 1. The molecule has 0 aliphatic heterocycles. The average molecular weight is 648 g/mol. The second-order valence-corrected chi connectivity index (χ2v) is 11.1. The number of benzene rings is 3. The van der Waals surface area contributed by atoms with Crippen LogP contribution in [-0.4, -0.2) is 47.9 Å². The van der Waals surface area contributed by atoms with Crippen molar-refractivity contribution in [3.8, 4) is 0 Å². The number of fused-ring (bicyclic) bond motifs is 1. The molecule has 0 radical (unpaired) electrons. The largest absolute Gasteiger partial charge is 0.416 e. The lowest BCUT2D eigenvalue weighted by molar-refractivity contribution is -0.143. The Morgan fingerprint density at radius 1 is 0.860 bits per heavy atom. The highest BCUT2D eigenvalue weighted by atomic mass is 35.5. The van der Waals surface area contributed by atoms with Crippen molar-refractivity contribution in [2.24, 2.45) is 0 Å². The Hall–Kier alpha value is -3.28. The fourth-order valence-electron chi connectivity index (χ4n) is 4.85. The lowest BCUT2D eigenvalue weighted by Crippen LogP contribution is -2.34. The Bertz CT molecular complexity index is 1590. The predicted octanol–water partition coefficient (Wildman–Crippen LogP) is 9.03. The first-order chi connectivity index (χ1) is 20.0. The number of alkyl halides is 6. The van der Waals surface area contributed by atoms with Gasteiger partial charge in [-0.15, -0.1) is 0 Å². The number of carbonyl (C=O) groups is 1. The summed E-state index contributed by atoms with van der Waals surface area (Å²) in [5, 5.41) is 1.16. The Balaban J connectivity index is 1.57. The number of likely N-dealkylation sites (N-methyl/N-ethyl adjacent to an activating group) is 1. The summed E-state index contributed by atoms with van der Waals surface area (Å²) in [6.45, 7) is 0.924. The van der Waals surface area contributed by atoms with Crippen molar-refractivity contribution in [1.29, 1.82) is 0 Å². The minimum atomic E-state index is -5.10. The number of aromatic amines is 1. The smallest absolute Gasteiger partial charge is 0.361 e. The van der Waals surface area contributed by atoms with Gasteiger partial charge in [0, 0.05) is 42.8 Å². The van der Waals surface area contributed by atoms with E-state index in [9.17, 15) is 35.5 Å². The summed E-state index contributed by atoms with van der Waals surface area (Å²) in [5.41, 5.74) is -1.73. The van der Waals surface area contributed by atoms with Crippen molar-refractivity contribution in [2.45, 2.75) is 31.2 Å². The minimum absolute atomic E-state index is 0.0235. The summed E-state index contributed by atoms with van der Waals surface area (Å²) in [6, 6.07) is 9.07. The molecule has 4 nitrogen and oxygen atoms in total. The lowest BCUT2D eigenvalue weighted by Gasteiger charge is -2.31. The van der Waals surface area contributed by atoms with Gasteiger partial charge in [-0.25, -0.2) is 4.39 Å². The monoisotopic (exact) mass is 647 g/mol. The van der Waals surface area contributed by atoms with Crippen molar-refractivity contribution in [3.05, 3.63) is 104 Å². The fraction of sp³-hybridized carbons (Fsp3) is 0.300. The average Bonchev–Trinajstić information content (AvgIpc) is 3.34. The molecule has 1 amide bonds. The molecule has 1 N–H and O–H groups in total. The fourth-order valence-corrected chi connectivity index (χ4v) is 5.16. The molecule has 3 aromatic carbocycles. The van der Waals surface area contributed by atoms with Crippen LogP contribution in [0.5, 0.6) is 0 Å². The van der Waals surface area contributed by atoms with Crippen molar-refractivity contribution >= 4 is 40.0 Å². The lowest BCUT2D eigenvalue weighted by atomic mass is 9.99. The molecule has 230 valence electrons. The second-order valence-electron chi connectivity index (χ2n) is 10.2. The summed E-state index contributed by atoms with van der Waals surface area (Å²) in [7, 11) is 3.13. The normalized spacial score (nSPS) is 13.1. The molecule has 0 aliphatic rings. The highest BCUT2D eigenvalue weighted by Crippen LogP contribution is 2.37. The molecule has 13 heteroatoms. The highest BCUT2D eigenvalue weighted by Gasteiger charge is 2.38. The minimum Gasteiger partial charge on any atom is -0.361 e. The van der Waals surface area contributed by atoms with Crippen LogP contribution < -0.4 is 0 Å². The summed E-state index contributed by atoms with van der Waals surface area (Å²) < 4.78 is 94.5. The van der Waals surface area contributed by atoms with Crippen LogP contribution in [-0.2, 0) is 18.8 Å². The molecule has 1 aromatic heterocycles. The van der Waals surface area contributed by atoms with Crippen LogP contribution in [0, 0.1) is 5.82 Å². The number of H-pyrrole nitrogens is 1. The molecule has 1 heterocycles. The van der Waals surface area contributed by atoms with Crippen LogP contribution in [0.3, 0.4) is 0 Å². The molecule has 4 rings (SSSR count). The molecule has 0 aliphatic carbocycles. The van der Waals surface area contributed by atoms with Crippen LogP contribution in [0.2, 0.25) is 10.0 Å². The quantitative estimate of drug-likeness (QED) is 0.184. The van der Waals surface area contributed by atoms with Gasteiger partial charge in [0.25, 0.3) is 5.91 Å². The Morgan fingerprint density at radius 3 is 2.12 bits per heavy atom. The van der Waals surface area contributed by atoms with Crippen molar-refractivity contribution < 1.29 is 35.5 Å². The zero-order valence-electron chi connectivity index (χ0n) is 22.9. The Morgan fingerprint density at radius 2 is 1.51 bits per heavy atom. The van der Waals surface area contributed by atoms with E-state index in [1.54, 1.807) is 18.3 Å². The van der Waals surface area contributed by atoms with Crippen LogP contribution >= 0.6 is 23.2 Å². The standard InChI is InChI=1S/C30H26Cl2F7N3O/c1-41(9-7-18-16-40-26-6-4-22(33)15-23(18)26)10-8-27(17-3-5-24(31)25(32)13-17)42(2)28(43)19-11-20(29(34,35)36)14-21(12-19)30(37,38)39/h3-6,11-16,27,40H,7-10H2,1-2H3. The van der Waals surface area contributed by atoms with Crippen molar-refractivity contribution in [3.63, 3.8) is 0 Å². The van der Waals surface area contributed by atoms with E-state index in [-0.39, 0.29) is 28.3 Å². The van der Waals surface area contributed by atoms with Gasteiger partial charge in [-0.1, -0.05) is 29.3 Å². The molecule has 43 heavy (non-hydrogen) atoms. The van der Waals surface area contributed by atoms with Crippen LogP contribution in [0.25, 0.3) is 10.9 Å². The van der Waals surface area contributed by atoms with E-state index in [0.29, 0.717) is 37.2 Å². The van der Waals surface area contributed by atoms with E-state index in [2.05, 4.69) is 4.98 Å². The first-order valence-electron chi connectivity index (χ1n) is 13.0. The van der Waals surface area contributed by atoms with Gasteiger partial charge in [-0.2, -0.15) is 26.3 Å². The molecular weight excluding hydrogens is 622 g/mol. The molecule has 0 fully saturated rings. The molecule has 4 aromatic rings. The predicted molar refractivity (Wildman–Crippen MR) is 152 cm³/mol. The van der Waals surface area contributed by atoms with Gasteiger partial charge in [0.05, 0.1) is 27.2 Å². The van der Waals surface area contributed by atoms with Gasteiger partial charge in [0.1, 0.15) is 5.82 Å². The van der Waals surface area contributed by atoms with Gasteiger partial charge < -0.3 is 14.8 Å². The SMILES string of the molecule is CN(CCc1c[nH]c2ccc(F)cc12)CCC(c1ccc(Cl)c(Cl)c1)N(C)C(=O)c1cc(C(F)(F)F)cc(C(F)(F)F)c1. The van der Waals surface area contributed by atoms with Gasteiger partial charge >= 0.3 is 12.4 Å². The van der Waals surface area contributed by atoms with E-state index in [1.807, 2.05) is 11.9 Å². The molecule has 0 bridgehead atoms. The van der Waals surface area contributed by atoms with Crippen molar-refractivity contribution in [1.82, 2.24) is 14.8 Å². The second kappa shape index (κ2) is 12.8. The van der Waals surface area contributed by atoms with Crippen LogP contribution in [0.15, 0.2) is 60.8 Å². The molecule has 1 atom stereocenters. The van der Waals surface area contributed by atoms with Gasteiger partial charge in [-0.05, 0) is 79.5 Å². The summed E-state index contributed by atoms with van der Waals surface area (Å²) in [6.07, 6.45) is -7.58. The molecular formula is C30H26Cl2F7N3O. The van der Waals surface area contributed by atoms with E-state index >= 15 is 0 Å². The molecule has 1 unspecified atom stereocenters. The van der Waals surface area contributed by atoms with Gasteiger partial charge in [-0.3, -0.25) is 4.79 Å². The van der Waals surface area contributed by atoms with Crippen LogP contribution in [0.1, 0.15) is 45.1 Å². The first-order valence-corrected chi connectivity index (χ1v) is 13.8. The number of aromatic nitrogens is 1. The van der Waals surface area contributed by atoms with Gasteiger partial charge in [0.2, 0.25) is 0 Å². The number of hydrogen-bond donors (Lipinski definition) is 1. The topological polar surface area (TPSA) is 39.3 Å². The summed E-state index contributed by atoms with van der Waals surface area (Å²) in [5.74, 6) is -1.39. The van der Waals surface area contributed by atoms with Gasteiger partial charge in [0.15, 0.2) is 0 Å². The molecule has 0 saturated carbocycles. The van der Waals surface area contributed by atoms with E-state index in [0.717, 1.165) is 21.4 Å². The zero-order chi connectivity index (χ0) is 31.7. The van der Waals surface area contributed by atoms with E-state index < -0.39 is 41.0 Å². The summed E-state index contributed by atoms with van der Waals surface area (Å²) in [4.78, 5) is 19.6. The van der Waals surface area contributed by atoms with E-state index in [4.69, 9.17) is 23.2 Å². The number of nitrogens with one attached hydrogen (secondary N) is 1. The highest BCUT2D eigenvalue weighted by molar-refractivity contribution is 6.42. The van der Waals surface area contributed by atoms with Crippen molar-refractivity contribution in [2.75, 3.05) is 27.2 Å². The Labute approximate surface area is 253 Å².